The summed E-state index contributed by atoms with van der Waals surface area (Å²) >= 11 is 0. The van der Waals surface area contributed by atoms with Crippen LogP contribution in [0.3, 0.4) is 0 Å². The number of rotatable bonds is 6. The Kier molecular flexibility index (Phi) is 5.56. The zero-order valence-electron chi connectivity index (χ0n) is 16.8. The molecule has 3 atom stereocenters. The van der Waals surface area contributed by atoms with Crippen molar-refractivity contribution < 1.29 is 14.6 Å². The number of aromatic nitrogens is 1. The van der Waals surface area contributed by atoms with Crippen molar-refractivity contribution >= 4 is 10.9 Å². The molecule has 1 saturated heterocycles. The van der Waals surface area contributed by atoms with Gasteiger partial charge in [-0.25, -0.2) is 0 Å². The predicted molar refractivity (Wildman–Crippen MR) is 108 cm³/mol. The number of likely N-dealkylation sites (tertiary alicyclic amines) is 1. The maximum Gasteiger partial charge on any atom is 0.255 e. The molecule has 1 aromatic heterocycles. The number of fused-ring (bicyclic) bond motifs is 2. The second-order valence-corrected chi connectivity index (χ2v) is 8.09. The summed E-state index contributed by atoms with van der Waals surface area (Å²) in [6.07, 6.45) is 3.91. The summed E-state index contributed by atoms with van der Waals surface area (Å²) in [7, 11) is 3.65. The van der Waals surface area contributed by atoms with Gasteiger partial charge >= 0.3 is 0 Å². The van der Waals surface area contributed by atoms with Crippen LogP contribution in [0.15, 0.2) is 35.1 Å². The molecule has 2 aliphatic rings. The van der Waals surface area contributed by atoms with Crippen molar-refractivity contribution in [1.29, 1.82) is 0 Å². The predicted octanol–water partition coefficient (Wildman–Crippen LogP) is 2.06. The quantitative estimate of drug-likeness (QED) is 0.823. The van der Waals surface area contributed by atoms with Gasteiger partial charge < -0.3 is 19.1 Å². The van der Waals surface area contributed by atoms with E-state index in [1.165, 1.54) is 0 Å². The van der Waals surface area contributed by atoms with Crippen LogP contribution in [0.2, 0.25) is 0 Å². The van der Waals surface area contributed by atoms with E-state index in [1.54, 1.807) is 11.7 Å². The first kappa shape index (κ1) is 19.6. The first-order chi connectivity index (χ1) is 13.6. The van der Waals surface area contributed by atoms with Crippen molar-refractivity contribution in [2.75, 3.05) is 26.9 Å². The van der Waals surface area contributed by atoms with Gasteiger partial charge in [-0.15, -0.1) is 0 Å². The van der Waals surface area contributed by atoms with Crippen LogP contribution in [-0.2, 0) is 23.1 Å². The monoisotopic (exact) mass is 386 g/mol. The van der Waals surface area contributed by atoms with Gasteiger partial charge in [-0.1, -0.05) is 18.2 Å². The molecule has 1 aliphatic carbocycles. The van der Waals surface area contributed by atoms with E-state index in [0.29, 0.717) is 13.2 Å². The molecule has 28 heavy (non-hydrogen) atoms. The van der Waals surface area contributed by atoms with Gasteiger partial charge in [0.2, 0.25) is 0 Å². The maximum atomic E-state index is 12.9. The molecular formula is C22H30N2O4. The SMILES string of the molecule is CO[C@@]12CC[C@H](OCCO)C[C@@H]1N(Cc1cc3ccccc3n(C)c1=O)CC2. The zero-order chi connectivity index (χ0) is 19.7. The number of hydrogen-bond donors (Lipinski definition) is 1. The Morgan fingerprint density at radius 2 is 2.11 bits per heavy atom. The van der Waals surface area contributed by atoms with E-state index in [4.69, 9.17) is 14.6 Å². The molecule has 1 N–H and O–H groups in total. The normalized spacial score (nSPS) is 28.0. The molecule has 0 bridgehead atoms. The smallest absolute Gasteiger partial charge is 0.255 e. The summed E-state index contributed by atoms with van der Waals surface area (Å²) in [6, 6.07) is 10.3. The first-order valence-corrected chi connectivity index (χ1v) is 10.2. The van der Waals surface area contributed by atoms with Crippen LogP contribution in [0.25, 0.3) is 10.9 Å². The van der Waals surface area contributed by atoms with E-state index in [-0.39, 0.29) is 29.9 Å². The van der Waals surface area contributed by atoms with Crippen LogP contribution < -0.4 is 5.56 Å². The number of aliphatic hydroxyl groups is 1. The number of hydrogen-bond acceptors (Lipinski definition) is 5. The highest BCUT2D eigenvalue weighted by molar-refractivity contribution is 5.79. The first-order valence-electron chi connectivity index (χ1n) is 10.2. The summed E-state index contributed by atoms with van der Waals surface area (Å²) in [5.41, 5.74) is 1.70. The van der Waals surface area contributed by atoms with Crippen molar-refractivity contribution in [2.24, 2.45) is 7.05 Å². The minimum absolute atomic E-state index is 0.0490. The second-order valence-electron chi connectivity index (χ2n) is 8.09. The topological polar surface area (TPSA) is 63.9 Å². The summed E-state index contributed by atoms with van der Waals surface area (Å²) < 4.78 is 13.6. The van der Waals surface area contributed by atoms with Crippen molar-refractivity contribution in [3.8, 4) is 0 Å². The van der Waals surface area contributed by atoms with Gasteiger partial charge in [0.05, 0.1) is 30.4 Å². The van der Waals surface area contributed by atoms with Gasteiger partial charge in [-0.3, -0.25) is 9.69 Å². The lowest BCUT2D eigenvalue weighted by atomic mass is 9.79. The highest BCUT2D eigenvalue weighted by Crippen LogP contribution is 2.43. The number of nitrogens with zero attached hydrogens (tertiary/aromatic N) is 2. The van der Waals surface area contributed by atoms with E-state index in [0.717, 1.165) is 48.7 Å². The number of pyridine rings is 1. The van der Waals surface area contributed by atoms with Crippen LogP contribution in [0.1, 0.15) is 31.2 Å². The lowest BCUT2D eigenvalue weighted by Gasteiger charge is -2.43. The van der Waals surface area contributed by atoms with Gasteiger partial charge in [0, 0.05) is 38.9 Å². The molecule has 4 rings (SSSR count). The molecule has 1 saturated carbocycles. The van der Waals surface area contributed by atoms with Gasteiger partial charge in [0.15, 0.2) is 0 Å². The van der Waals surface area contributed by atoms with Crippen molar-refractivity contribution in [3.63, 3.8) is 0 Å². The van der Waals surface area contributed by atoms with Crippen molar-refractivity contribution in [3.05, 3.63) is 46.2 Å². The maximum absolute atomic E-state index is 12.9. The Morgan fingerprint density at radius 3 is 2.89 bits per heavy atom. The molecule has 6 nitrogen and oxygen atoms in total. The molecule has 0 amide bonds. The van der Waals surface area contributed by atoms with Gasteiger partial charge in [0.25, 0.3) is 5.56 Å². The lowest BCUT2D eigenvalue weighted by molar-refractivity contribution is -0.104. The fourth-order valence-corrected chi connectivity index (χ4v) is 5.14. The van der Waals surface area contributed by atoms with E-state index >= 15 is 0 Å². The van der Waals surface area contributed by atoms with Crippen LogP contribution in [0.4, 0.5) is 0 Å². The molecular weight excluding hydrogens is 356 g/mol. The number of aryl methyl sites for hydroxylation is 1. The third-order valence-electron chi connectivity index (χ3n) is 6.68. The summed E-state index contributed by atoms with van der Waals surface area (Å²) in [5, 5.41) is 10.2. The Bertz CT molecular complexity index is 896. The standard InChI is InChI=1S/C22H30N2O4/c1-23-19-6-4-3-5-16(19)13-17(21(23)26)15-24-10-9-22(27-2)8-7-18(14-20(22)24)28-12-11-25/h3-6,13,18,20,25H,7-12,14-15H2,1-2H3/t18-,20-,22+/m0/s1. The molecule has 6 heteroatoms. The van der Waals surface area contributed by atoms with Gasteiger partial charge in [0.1, 0.15) is 0 Å². The third-order valence-corrected chi connectivity index (χ3v) is 6.68. The Hall–Kier alpha value is -1.73. The Morgan fingerprint density at radius 1 is 1.29 bits per heavy atom. The molecule has 2 aromatic rings. The number of methoxy groups -OCH3 is 1. The van der Waals surface area contributed by atoms with Crippen LogP contribution in [0, 0.1) is 0 Å². The lowest BCUT2D eigenvalue weighted by Crippen LogP contribution is -2.52. The molecule has 1 aliphatic heterocycles. The number of benzene rings is 1. The minimum atomic E-state index is -0.152. The van der Waals surface area contributed by atoms with Crippen LogP contribution >= 0.6 is 0 Å². The van der Waals surface area contributed by atoms with Crippen LogP contribution in [-0.4, -0.2) is 59.2 Å². The van der Waals surface area contributed by atoms with E-state index in [1.807, 2.05) is 31.3 Å². The molecule has 152 valence electrons. The van der Waals surface area contributed by atoms with Gasteiger partial charge in [-0.2, -0.15) is 0 Å². The Labute approximate surface area is 165 Å². The zero-order valence-corrected chi connectivity index (χ0v) is 16.8. The van der Waals surface area contributed by atoms with E-state index < -0.39 is 0 Å². The average molecular weight is 386 g/mol. The van der Waals surface area contributed by atoms with Gasteiger partial charge in [-0.05, 0) is 43.2 Å². The van der Waals surface area contributed by atoms with E-state index in [2.05, 4.69) is 11.0 Å². The fourth-order valence-electron chi connectivity index (χ4n) is 5.14. The highest BCUT2D eigenvalue weighted by Gasteiger charge is 2.51. The minimum Gasteiger partial charge on any atom is -0.394 e. The second kappa shape index (κ2) is 7.95. The highest BCUT2D eigenvalue weighted by atomic mass is 16.5. The largest absolute Gasteiger partial charge is 0.394 e. The van der Waals surface area contributed by atoms with Crippen LogP contribution in [0.5, 0.6) is 0 Å². The molecule has 0 unspecified atom stereocenters. The fraction of sp³-hybridized carbons (Fsp3) is 0.591. The van der Waals surface area contributed by atoms with E-state index in [9.17, 15) is 4.79 Å². The molecule has 2 heterocycles. The third kappa shape index (κ3) is 3.39. The molecule has 2 fully saturated rings. The number of ether oxygens (including phenoxy) is 2. The summed E-state index contributed by atoms with van der Waals surface area (Å²) in [5.74, 6) is 0. The van der Waals surface area contributed by atoms with Crippen molar-refractivity contribution in [1.82, 2.24) is 9.47 Å². The van der Waals surface area contributed by atoms with Crippen molar-refractivity contribution in [2.45, 2.75) is 50.0 Å². The summed E-state index contributed by atoms with van der Waals surface area (Å²) in [4.78, 5) is 15.3. The molecule has 1 aromatic carbocycles. The number of para-hydroxylation sites is 1. The molecule has 0 spiro atoms. The molecule has 0 radical (unpaired) electrons. The number of aliphatic hydroxyl groups excluding tert-OH is 1. The Balaban J connectivity index is 1.60. The average Bonchev–Trinajstić information content (AvgIpc) is 3.08. The summed E-state index contributed by atoms with van der Waals surface area (Å²) in [6.45, 7) is 1.97.